The molecule has 4 N–H and O–H groups in total. The zero-order valence-corrected chi connectivity index (χ0v) is 12.8. The van der Waals surface area contributed by atoms with E-state index in [1.807, 2.05) is 20.8 Å². The van der Waals surface area contributed by atoms with Crippen LogP contribution in [0.1, 0.15) is 49.2 Å². The van der Waals surface area contributed by atoms with Crippen LogP contribution < -0.4 is 11.3 Å². The Morgan fingerprint density at radius 1 is 1.52 bits per heavy atom. The van der Waals surface area contributed by atoms with Gasteiger partial charge in [0.2, 0.25) is 0 Å². The van der Waals surface area contributed by atoms with Gasteiger partial charge in [0.1, 0.15) is 5.82 Å². The molecule has 0 aliphatic carbocycles. The average Bonchev–Trinajstić information content (AvgIpc) is 2.48. The van der Waals surface area contributed by atoms with Crippen molar-refractivity contribution in [1.29, 1.82) is 0 Å². The van der Waals surface area contributed by atoms with Crippen LogP contribution >= 0.6 is 0 Å². The van der Waals surface area contributed by atoms with Gasteiger partial charge in [-0.3, -0.25) is 4.79 Å². The number of carbonyl (C=O) groups excluding carboxylic acids is 1. The highest BCUT2D eigenvalue weighted by Crippen LogP contribution is 2.22. The highest BCUT2D eigenvalue weighted by atomic mass is 16.3. The first-order chi connectivity index (χ1) is 9.92. The van der Waals surface area contributed by atoms with E-state index < -0.39 is 6.10 Å². The lowest BCUT2D eigenvalue weighted by Crippen LogP contribution is -2.45. The van der Waals surface area contributed by atoms with Gasteiger partial charge in [-0.2, -0.15) is 0 Å². The second-order valence-electron chi connectivity index (χ2n) is 6.05. The zero-order chi connectivity index (χ0) is 15.6. The third kappa shape index (κ3) is 3.51. The summed E-state index contributed by atoms with van der Waals surface area (Å²) >= 11 is 0. The maximum Gasteiger partial charge on any atom is 0.254 e. The number of carbonyl (C=O) groups is 1. The van der Waals surface area contributed by atoms with Gasteiger partial charge in [0.15, 0.2) is 0 Å². The van der Waals surface area contributed by atoms with E-state index in [4.69, 9.17) is 5.84 Å². The Balaban J connectivity index is 2.24. The van der Waals surface area contributed by atoms with E-state index in [9.17, 15) is 9.90 Å². The smallest absolute Gasteiger partial charge is 0.254 e. The van der Waals surface area contributed by atoms with Crippen LogP contribution in [0.5, 0.6) is 0 Å². The minimum atomic E-state index is -0.457. The van der Waals surface area contributed by atoms with Crippen LogP contribution in [0.3, 0.4) is 0 Å². The molecule has 116 valence electrons. The molecule has 6 heteroatoms. The summed E-state index contributed by atoms with van der Waals surface area (Å²) in [6, 6.07) is 3.46. The van der Waals surface area contributed by atoms with Crippen molar-refractivity contribution < 1.29 is 9.90 Å². The van der Waals surface area contributed by atoms with E-state index in [1.54, 1.807) is 17.0 Å². The lowest BCUT2D eigenvalue weighted by molar-refractivity contribution is 0.0248. The molecular formula is C15H24N4O2. The number of piperidine rings is 1. The molecule has 0 aromatic carbocycles. The number of hydrogen-bond donors (Lipinski definition) is 3. The molecule has 1 fully saturated rings. The molecule has 0 radical (unpaired) electrons. The van der Waals surface area contributed by atoms with E-state index in [0.29, 0.717) is 24.5 Å². The molecule has 21 heavy (non-hydrogen) atoms. The predicted octanol–water partition coefficient (Wildman–Crippen LogP) is 1.33. The molecule has 0 saturated carbocycles. The molecule has 6 nitrogen and oxygen atoms in total. The van der Waals surface area contributed by atoms with Gasteiger partial charge in [-0.1, -0.05) is 20.8 Å². The fraction of sp³-hybridized carbons (Fsp3) is 0.600. The fourth-order valence-corrected chi connectivity index (χ4v) is 2.46. The van der Waals surface area contributed by atoms with Gasteiger partial charge in [-0.05, 0) is 30.4 Å². The summed E-state index contributed by atoms with van der Waals surface area (Å²) in [5.74, 6) is 6.27. The number of nitrogens with two attached hydrogens (primary N) is 1. The highest BCUT2D eigenvalue weighted by Gasteiger charge is 2.28. The van der Waals surface area contributed by atoms with E-state index in [-0.39, 0.29) is 17.7 Å². The molecule has 2 unspecified atom stereocenters. The molecule has 2 heterocycles. The van der Waals surface area contributed by atoms with Gasteiger partial charge in [0.25, 0.3) is 5.91 Å². The standard InChI is InChI=1S/C15H24N4O2/c1-9(2)12-6-11(7-14(17-12)18-16)15(21)19-5-4-10(3)13(20)8-19/h6-7,9-10,13,20H,4-5,8,16H2,1-3H3,(H,17,18). The van der Waals surface area contributed by atoms with Crippen molar-refractivity contribution in [2.75, 3.05) is 18.5 Å². The van der Waals surface area contributed by atoms with E-state index in [1.165, 1.54) is 0 Å². The SMILES string of the molecule is CC(C)c1cc(C(=O)N2CCC(C)C(O)C2)cc(NN)n1. The van der Waals surface area contributed by atoms with E-state index >= 15 is 0 Å². The number of aliphatic hydroxyl groups is 1. The Kier molecular flexibility index (Phi) is 4.80. The molecule has 2 rings (SSSR count). The van der Waals surface area contributed by atoms with Crippen molar-refractivity contribution in [3.05, 3.63) is 23.4 Å². The summed E-state index contributed by atoms with van der Waals surface area (Å²) in [6.07, 6.45) is 0.359. The minimum Gasteiger partial charge on any atom is -0.391 e. The molecular weight excluding hydrogens is 268 g/mol. The molecule has 2 atom stereocenters. The number of pyridine rings is 1. The van der Waals surface area contributed by atoms with Crippen molar-refractivity contribution in [2.45, 2.75) is 39.2 Å². The van der Waals surface area contributed by atoms with Gasteiger partial charge >= 0.3 is 0 Å². The monoisotopic (exact) mass is 292 g/mol. The van der Waals surface area contributed by atoms with E-state index in [2.05, 4.69) is 10.4 Å². The average molecular weight is 292 g/mol. The molecule has 1 aliphatic heterocycles. The third-order valence-electron chi connectivity index (χ3n) is 4.04. The first kappa shape index (κ1) is 15.7. The topological polar surface area (TPSA) is 91.5 Å². The minimum absolute atomic E-state index is 0.0817. The van der Waals surface area contributed by atoms with Crippen LogP contribution in [-0.4, -0.2) is 40.1 Å². The van der Waals surface area contributed by atoms with Gasteiger partial charge in [-0.25, -0.2) is 10.8 Å². The van der Waals surface area contributed by atoms with Crippen LogP contribution in [-0.2, 0) is 0 Å². The normalized spacial score (nSPS) is 22.5. The van der Waals surface area contributed by atoms with Gasteiger partial charge < -0.3 is 15.4 Å². The molecule has 1 saturated heterocycles. The number of hydrazine groups is 1. The Hall–Kier alpha value is -1.66. The van der Waals surface area contributed by atoms with Crippen LogP contribution in [0.4, 0.5) is 5.82 Å². The molecule has 1 amide bonds. The number of likely N-dealkylation sites (tertiary alicyclic amines) is 1. The van der Waals surface area contributed by atoms with Gasteiger partial charge in [0, 0.05) is 24.3 Å². The first-order valence-corrected chi connectivity index (χ1v) is 7.38. The second-order valence-corrected chi connectivity index (χ2v) is 6.05. The Morgan fingerprint density at radius 3 is 2.81 bits per heavy atom. The van der Waals surface area contributed by atoms with Gasteiger partial charge in [0.05, 0.1) is 6.10 Å². The van der Waals surface area contributed by atoms with Crippen LogP contribution in [0.2, 0.25) is 0 Å². The number of hydrogen-bond acceptors (Lipinski definition) is 5. The second kappa shape index (κ2) is 6.41. The number of anilines is 1. The quantitative estimate of drug-likeness (QED) is 0.577. The largest absolute Gasteiger partial charge is 0.391 e. The summed E-state index contributed by atoms with van der Waals surface area (Å²) in [5.41, 5.74) is 3.88. The van der Waals surface area contributed by atoms with E-state index in [0.717, 1.165) is 12.1 Å². The van der Waals surface area contributed by atoms with Crippen LogP contribution in [0.15, 0.2) is 12.1 Å². The Labute approximate surface area is 125 Å². The number of β-amino-alcohol motifs (C(OH)–C–C–N with tert-alkyl or cyclic N) is 1. The zero-order valence-electron chi connectivity index (χ0n) is 12.8. The lowest BCUT2D eigenvalue weighted by atomic mass is 9.95. The summed E-state index contributed by atoms with van der Waals surface area (Å²) < 4.78 is 0. The van der Waals surface area contributed by atoms with Crippen LogP contribution in [0, 0.1) is 5.92 Å². The molecule has 1 aromatic heterocycles. The summed E-state index contributed by atoms with van der Waals surface area (Å²) in [4.78, 5) is 18.7. The number of aliphatic hydroxyl groups excluding tert-OH is 1. The lowest BCUT2D eigenvalue weighted by Gasteiger charge is -2.34. The van der Waals surface area contributed by atoms with Crippen molar-refractivity contribution in [3.8, 4) is 0 Å². The fourth-order valence-electron chi connectivity index (χ4n) is 2.46. The van der Waals surface area contributed by atoms with Gasteiger partial charge in [-0.15, -0.1) is 0 Å². The Morgan fingerprint density at radius 2 is 2.24 bits per heavy atom. The van der Waals surface area contributed by atoms with Crippen molar-refractivity contribution in [3.63, 3.8) is 0 Å². The highest BCUT2D eigenvalue weighted by molar-refractivity contribution is 5.95. The number of nitrogen functional groups attached to an aromatic ring is 1. The number of nitrogens with one attached hydrogen (secondary N) is 1. The number of amides is 1. The van der Waals surface area contributed by atoms with Crippen molar-refractivity contribution >= 4 is 11.7 Å². The van der Waals surface area contributed by atoms with Crippen LogP contribution in [0.25, 0.3) is 0 Å². The maximum atomic E-state index is 12.6. The predicted molar refractivity (Wildman–Crippen MR) is 81.8 cm³/mol. The Bertz CT molecular complexity index is 518. The molecule has 1 aromatic rings. The van der Waals surface area contributed by atoms with Crippen molar-refractivity contribution in [1.82, 2.24) is 9.88 Å². The number of nitrogens with zero attached hydrogens (tertiary/aromatic N) is 2. The summed E-state index contributed by atoms with van der Waals surface area (Å²) in [5, 5.41) is 9.95. The molecule has 0 spiro atoms. The number of aromatic nitrogens is 1. The van der Waals surface area contributed by atoms with Crippen molar-refractivity contribution in [2.24, 2.45) is 11.8 Å². The summed E-state index contributed by atoms with van der Waals surface area (Å²) in [7, 11) is 0. The summed E-state index contributed by atoms with van der Waals surface area (Å²) in [6.45, 7) is 7.09. The third-order valence-corrected chi connectivity index (χ3v) is 4.04. The maximum absolute atomic E-state index is 12.6. The number of rotatable bonds is 3. The molecule has 0 bridgehead atoms. The first-order valence-electron chi connectivity index (χ1n) is 7.38. The molecule has 1 aliphatic rings.